The maximum atomic E-state index is 11.2. The Morgan fingerprint density at radius 3 is 2.73 bits per heavy atom. The molecule has 0 fully saturated rings. The molecule has 0 saturated carbocycles. The third kappa shape index (κ3) is 4.43. The lowest BCUT2D eigenvalue weighted by Gasteiger charge is -1.95. The van der Waals surface area contributed by atoms with Crippen molar-refractivity contribution in [2.45, 2.75) is 6.92 Å². The molecule has 1 aromatic carbocycles. The standard InChI is InChI=1S/C10H10NO2PS/c1-2-13-14(12)7-9-3-5-10(6-4-9)11-8-15/h3-7H,2H2,1H3. The Bertz CT molecular complexity index is 396. The minimum atomic E-state index is -1.72. The summed E-state index contributed by atoms with van der Waals surface area (Å²) in [5.74, 6) is 1.57. The van der Waals surface area contributed by atoms with Gasteiger partial charge in [0.2, 0.25) is 8.00 Å². The minimum absolute atomic E-state index is 0.443. The van der Waals surface area contributed by atoms with Crippen molar-refractivity contribution in [1.29, 1.82) is 0 Å². The zero-order chi connectivity index (χ0) is 11.1. The molecule has 1 atom stereocenters. The molecule has 0 spiro atoms. The normalized spacial score (nSPS) is 10.9. The quantitative estimate of drug-likeness (QED) is 0.460. The van der Waals surface area contributed by atoms with E-state index < -0.39 is 8.00 Å². The van der Waals surface area contributed by atoms with Crippen molar-refractivity contribution in [2.75, 3.05) is 6.61 Å². The Labute approximate surface area is 95.0 Å². The number of rotatable bonds is 4. The molecule has 1 aromatic rings. The second-order valence-electron chi connectivity index (χ2n) is 2.63. The number of aliphatic imine (C=N–C) groups is 1. The lowest BCUT2D eigenvalue weighted by Crippen LogP contribution is -1.95. The van der Waals surface area contributed by atoms with Gasteiger partial charge in [-0.3, -0.25) is 0 Å². The van der Waals surface area contributed by atoms with Gasteiger partial charge in [-0.1, -0.05) is 0 Å². The molecular weight excluding hydrogens is 229 g/mol. The topological polar surface area (TPSA) is 44.6 Å². The summed E-state index contributed by atoms with van der Waals surface area (Å²) in [5, 5.41) is 2.28. The first-order valence-corrected chi connectivity index (χ1v) is 6.04. The van der Waals surface area contributed by atoms with E-state index in [4.69, 9.17) is 4.52 Å². The number of hydrogen-bond donors (Lipinski definition) is 0. The van der Waals surface area contributed by atoms with Crippen molar-refractivity contribution in [2.24, 2.45) is 4.99 Å². The van der Waals surface area contributed by atoms with Crippen LogP contribution >= 0.6 is 20.2 Å². The van der Waals surface area contributed by atoms with Crippen molar-refractivity contribution in [3.8, 4) is 0 Å². The van der Waals surface area contributed by atoms with Crippen LogP contribution in [0.15, 0.2) is 29.3 Å². The molecule has 0 radical (unpaired) electrons. The van der Waals surface area contributed by atoms with Crippen LogP contribution in [-0.2, 0) is 4.52 Å². The van der Waals surface area contributed by atoms with E-state index in [1.165, 1.54) is 0 Å². The van der Waals surface area contributed by atoms with Crippen LogP contribution in [0.25, 0.3) is 0 Å². The van der Waals surface area contributed by atoms with Crippen LogP contribution in [0.3, 0.4) is 0 Å². The van der Waals surface area contributed by atoms with Gasteiger partial charge < -0.3 is 4.89 Å². The second-order valence-corrected chi connectivity index (χ2v) is 3.90. The largest absolute Gasteiger partial charge is 0.603 e. The van der Waals surface area contributed by atoms with E-state index in [1.807, 2.05) is 0 Å². The summed E-state index contributed by atoms with van der Waals surface area (Å²) in [6, 6.07) is 7.16. The zero-order valence-corrected chi connectivity index (χ0v) is 9.92. The molecule has 0 heterocycles. The maximum absolute atomic E-state index is 11.2. The third-order valence-corrected chi connectivity index (χ3v) is 2.69. The predicted octanol–water partition coefficient (Wildman–Crippen LogP) is 2.28. The van der Waals surface area contributed by atoms with Crippen LogP contribution in [0.1, 0.15) is 12.5 Å². The first-order chi connectivity index (χ1) is 7.26. The first-order valence-electron chi connectivity index (χ1n) is 4.38. The van der Waals surface area contributed by atoms with Gasteiger partial charge in [0.05, 0.1) is 17.5 Å². The molecular formula is C10H10NO2PS. The molecule has 1 rings (SSSR count). The number of benzene rings is 1. The van der Waals surface area contributed by atoms with Crippen molar-refractivity contribution in [3.05, 3.63) is 29.8 Å². The fraction of sp³-hybridized carbons (Fsp3) is 0.200. The number of hydrogen-bond acceptors (Lipinski definition) is 4. The molecule has 0 saturated heterocycles. The number of thiocarbonyl (C=S) groups is 1. The number of isothiocyanates is 1. The van der Waals surface area contributed by atoms with E-state index >= 15 is 0 Å². The molecule has 0 N–H and O–H groups in total. The Morgan fingerprint density at radius 1 is 1.53 bits per heavy atom. The highest BCUT2D eigenvalue weighted by Gasteiger charge is 1.97. The lowest BCUT2D eigenvalue weighted by atomic mass is 10.2. The summed E-state index contributed by atoms with van der Waals surface area (Å²) in [5.41, 5.74) is 1.57. The molecule has 0 aliphatic heterocycles. The van der Waals surface area contributed by atoms with Gasteiger partial charge in [0.25, 0.3) is 0 Å². The summed E-state index contributed by atoms with van der Waals surface area (Å²) in [7, 11) is -1.72. The molecule has 0 amide bonds. The molecule has 0 bridgehead atoms. The fourth-order valence-electron chi connectivity index (χ4n) is 0.974. The molecule has 1 unspecified atom stereocenters. The van der Waals surface area contributed by atoms with Crippen LogP contribution < -0.4 is 4.89 Å². The van der Waals surface area contributed by atoms with E-state index in [1.54, 1.807) is 37.0 Å². The zero-order valence-electron chi connectivity index (χ0n) is 8.21. The van der Waals surface area contributed by atoms with Crippen LogP contribution in [0.4, 0.5) is 5.69 Å². The highest BCUT2D eigenvalue weighted by atomic mass is 32.1. The van der Waals surface area contributed by atoms with E-state index in [9.17, 15) is 4.89 Å². The van der Waals surface area contributed by atoms with Crippen LogP contribution in [0, 0.1) is 0 Å². The molecule has 15 heavy (non-hydrogen) atoms. The van der Waals surface area contributed by atoms with E-state index in [2.05, 4.69) is 22.4 Å². The second kappa shape index (κ2) is 6.57. The van der Waals surface area contributed by atoms with Gasteiger partial charge in [0.15, 0.2) is 0 Å². The fourth-order valence-corrected chi connectivity index (χ4v) is 1.82. The van der Waals surface area contributed by atoms with E-state index in [0.29, 0.717) is 6.61 Å². The summed E-state index contributed by atoms with van der Waals surface area (Å²) < 4.78 is 4.92. The summed E-state index contributed by atoms with van der Waals surface area (Å²) in [6.07, 6.45) is 0. The van der Waals surface area contributed by atoms with Gasteiger partial charge in [-0.2, -0.15) is 9.52 Å². The Hall–Kier alpha value is -0.890. The summed E-state index contributed by atoms with van der Waals surface area (Å²) >= 11 is 4.48. The minimum Gasteiger partial charge on any atom is -0.603 e. The predicted molar refractivity (Wildman–Crippen MR) is 64.8 cm³/mol. The van der Waals surface area contributed by atoms with Crippen LogP contribution in [-0.4, -0.2) is 17.6 Å². The van der Waals surface area contributed by atoms with Crippen molar-refractivity contribution in [3.63, 3.8) is 0 Å². The van der Waals surface area contributed by atoms with Gasteiger partial charge in [-0.05, 0) is 43.4 Å². The maximum Gasteiger partial charge on any atom is 0.221 e. The molecule has 3 nitrogen and oxygen atoms in total. The van der Waals surface area contributed by atoms with Gasteiger partial charge in [-0.15, -0.1) is 0 Å². The summed E-state index contributed by atoms with van der Waals surface area (Å²) in [4.78, 5) is 15.1. The molecule has 78 valence electrons. The SMILES string of the molecule is CCO[P+]([O-])=Cc1ccc(N=C=S)cc1. The van der Waals surface area contributed by atoms with Gasteiger partial charge >= 0.3 is 0 Å². The Morgan fingerprint density at radius 2 is 2.20 bits per heavy atom. The number of nitrogens with zero attached hydrogens (tertiary/aromatic N) is 1. The van der Waals surface area contributed by atoms with E-state index in [-0.39, 0.29) is 0 Å². The molecule has 0 aliphatic carbocycles. The van der Waals surface area contributed by atoms with Crippen molar-refractivity contribution in [1.82, 2.24) is 0 Å². The van der Waals surface area contributed by atoms with Gasteiger partial charge in [0.1, 0.15) is 5.80 Å². The van der Waals surface area contributed by atoms with Crippen LogP contribution in [0.2, 0.25) is 0 Å². The molecule has 0 aliphatic rings. The van der Waals surface area contributed by atoms with Crippen molar-refractivity contribution >= 4 is 36.9 Å². The Balaban J connectivity index is 2.80. The molecule has 5 heteroatoms. The Kier molecular flexibility index (Phi) is 5.33. The highest BCUT2D eigenvalue weighted by Crippen LogP contribution is 2.16. The van der Waals surface area contributed by atoms with Gasteiger partial charge in [-0.25, -0.2) is 0 Å². The average molecular weight is 239 g/mol. The monoisotopic (exact) mass is 239 g/mol. The summed E-state index contributed by atoms with van der Waals surface area (Å²) in [6.45, 7) is 2.25. The highest BCUT2D eigenvalue weighted by molar-refractivity contribution is 7.78. The van der Waals surface area contributed by atoms with E-state index in [0.717, 1.165) is 11.3 Å². The smallest absolute Gasteiger partial charge is 0.221 e. The van der Waals surface area contributed by atoms with Crippen LogP contribution in [0.5, 0.6) is 0 Å². The first kappa shape index (κ1) is 12.2. The lowest BCUT2D eigenvalue weighted by molar-refractivity contribution is -0.171. The average Bonchev–Trinajstić information content (AvgIpc) is 2.22. The van der Waals surface area contributed by atoms with Crippen molar-refractivity contribution < 1.29 is 9.42 Å². The molecule has 0 aromatic heterocycles. The van der Waals surface area contributed by atoms with Gasteiger partial charge in [0, 0.05) is 5.56 Å². The third-order valence-electron chi connectivity index (χ3n) is 1.58.